The summed E-state index contributed by atoms with van der Waals surface area (Å²) in [5.74, 6) is 0.589. The van der Waals surface area contributed by atoms with Gasteiger partial charge in [0.2, 0.25) is 0 Å². The molecule has 14 heavy (non-hydrogen) atoms. The Morgan fingerprint density at radius 2 is 2.43 bits per heavy atom. The Bertz CT molecular complexity index is 307. The third kappa shape index (κ3) is 2.87. The van der Waals surface area contributed by atoms with Crippen molar-refractivity contribution in [2.75, 3.05) is 0 Å². The van der Waals surface area contributed by atoms with E-state index in [1.54, 1.807) is 6.20 Å². The summed E-state index contributed by atoms with van der Waals surface area (Å²) in [5.41, 5.74) is 0.905. The molecule has 1 heterocycles. The molecule has 1 aromatic heterocycles. The van der Waals surface area contributed by atoms with Crippen LogP contribution >= 0.6 is 0 Å². The van der Waals surface area contributed by atoms with Gasteiger partial charge in [-0.05, 0) is 12.8 Å². The number of aromatic amines is 1. The molecular weight excluding hydrogens is 180 g/mol. The van der Waals surface area contributed by atoms with E-state index in [1.165, 1.54) is 0 Å². The van der Waals surface area contributed by atoms with Gasteiger partial charge >= 0.3 is 5.97 Å². The van der Waals surface area contributed by atoms with Crippen molar-refractivity contribution in [3.8, 4) is 0 Å². The van der Waals surface area contributed by atoms with Gasteiger partial charge in [-0.3, -0.25) is 4.79 Å². The summed E-state index contributed by atoms with van der Waals surface area (Å²) in [6.45, 7) is 4.20. The zero-order valence-corrected chi connectivity index (χ0v) is 8.58. The Balaban J connectivity index is 2.54. The Morgan fingerprint density at radius 1 is 1.71 bits per heavy atom. The predicted octanol–water partition coefficient (Wildman–Crippen LogP) is 1.94. The smallest absolute Gasteiger partial charge is 0.303 e. The van der Waals surface area contributed by atoms with Crippen molar-refractivity contribution in [3.05, 3.63) is 17.7 Å². The molecule has 0 bridgehead atoms. The van der Waals surface area contributed by atoms with Crippen LogP contribution in [0.3, 0.4) is 0 Å². The Labute approximate surface area is 83.4 Å². The van der Waals surface area contributed by atoms with Crippen molar-refractivity contribution in [1.82, 2.24) is 9.97 Å². The summed E-state index contributed by atoms with van der Waals surface area (Å²) in [5, 5.41) is 8.50. The van der Waals surface area contributed by atoms with Gasteiger partial charge < -0.3 is 10.1 Å². The van der Waals surface area contributed by atoms with Crippen LogP contribution in [0.25, 0.3) is 0 Å². The third-order valence-electron chi connectivity index (χ3n) is 2.34. The van der Waals surface area contributed by atoms with Gasteiger partial charge in [-0.2, -0.15) is 0 Å². The fourth-order valence-electron chi connectivity index (χ4n) is 1.19. The molecule has 0 radical (unpaired) electrons. The van der Waals surface area contributed by atoms with Crippen molar-refractivity contribution in [3.63, 3.8) is 0 Å². The number of hydrogen-bond acceptors (Lipinski definition) is 2. The SMILES string of the molecule is CCC(C)c1ncc(CCC(=O)O)[nH]1. The number of nitrogens with one attached hydrogen (secondary N) is 1. The maximum absolute atomic E-state index is 10.3. The van der Waals surface area contributed by atoms with Crippen LogP contribution in [-0.4, -0.2) is 21.0 Å². The fourth-order valence-corrected chi connectivity index (χ4v) is 1.19. The van der Waals surface area contributed by atoms with E-state index in [2.05, 4.69) is 23.8 Å². The van der Waals surface area contributed by atoms with E-state index in [0.717, 1.165) is 17.9 Å². The molecule has 0 aliphatic rings. The number of carbonyl (C=O) groups is 1. The van der Waals surface area contributed by atoms with Crippen molar-refractivity contribution in [2.24, 2.45) is 0 Å². The first-order chi connectivity index (χ1) is 6.63. The van der Waals surface area contributed by atoms with Gasteiger partial charge in [0, 0.05) is 17.8 Å². The molecular formula is C10H16N2O2. The number of nitrogens with zero attached hydrogens (tertiary/aromatic N) is 1. The van der Waals surface area contributed by atoms with Crippen molar-refractivity contribution < 1.29 is 9.90 Å². The predicted molar refractivity (Wildman–Crippen MR) is 53.3 cm³/mol. The molecule has 1 aromatic rings. The maximum Gasteiger partial charge on any atom is 0.303 e. The standard InChI is InChI=1S/C10H16N2O2/c1-3-7(2)10-11-6-8(12-10)4-5-9(13)14/h6-7H,3-5H2,1-2H3,(H,11,12)(H,13,14). The van der Waals surface area contributed by atoms with Gasteiger partial charge in [-0.15, -0.1) is 0 Å². The van der Waals surface area contributed by atoms with Crippen LogP contribution < -0.4 is 0 Å². The zero-order valence-electron chi connectivity index (χ0n) is 8.58. The summed E-state index contributed by atoms with van der Waals surface area (Å²) < 4.78 is 0. The molecule has 0 saturated heterocycles. The Hall–Kier alpha value is -1.32. The molecule has 0 fully saturated rings. The van der Waals surface area contributed by atoms with Crippen LogP contribution in [0.5, 0.6) is 0 Å². The number of aliphatic carboxylic acids is 1. The highest BCUT2D eigenvalue weighted by atomic mass is 16.4. The first-order valence-corrected chi connectivity index (χ1v) is 4.89. The summed E-state index contributed by atoms with van der Waals surface area (Å²) in [7, 11) is 0. The summed E-state index contributed by atoms with van der Waals surface area (Å²) >= 11 is 0. The van der Waals surface area contributed by atoms with Gasteiger partial charge in [0.25, 0.3) is 0 Å². The monoisotopic (exact) mass is 196 g/mol. The lowest BCUT2D eigenvalue weighted by molar-refractivity contribution is -0.136. The fraction of sp³-hybridized carbons (Fsp3) is 0.600. The number of aromatic nitrogens is 2. The summed E-state index contributed by atoms with van der Waals surface area (Å²) in [4.78, 5) is 17.7. The third-order valence-corrected chi connectivity index (χ3v) is 2.34. The number of carboxylic acid groups (broad SMARTS) is 1. The van der Waals surface area contributed by atoms with Crippen LogP contribution in [0.15, 0.2) is 6.20 Å². The molecule has 4 heteroatoms. The molecule has 78 valence electrons. The Kier molecular flexibility index (Phi) is 3.68. The molecule has 1 unspecified atom stereocenters. The van der Waals surface area contributed by atoms with Gasteiger partial charge in [0.15, 0.2) is 0 Å². The molecule has 0 aliphatic heterocycles. The lowest BCUT2D eigenvalue weighted by atomic mass is 10.1. The van der Waals surface area contributed by atoms with Crippen LogP contribution in [0.4, 0.5) is 0 Å². The number of imidazole rings is 1. The molecule has 1 rings (SSSR count). The normalized spacial score (nSPS) is 12.7. The van der Waals surface area contributed by atoms with Crippen LogP contribution in [-0.2, 0) is 11.2 Å². The molecule has 2 N–H and O–H groups in total. The van der Waals surface area contributed by atoms with E-state index in [1.807, 2.05) is 0 Å². The highest BCUT2D eigenvalue weighted by Crippen LogP contribution is 2.15. The molecule has 1 atom stereocenters. The van der Waals surface area contributed by atoms with Crippen LogP contribution in [0, 0.1) is 0 Å². The summed E-state index contributed by atoms with van der Waals surface area (Å²) in [6, 6.07) is 0. The molecule has 4 nitrogen and oxygen atoms in total. The van der Waals surface area contributed by atoms with Crippen molar-refractivity contribution in [1.29, 1.82) is 0 Å². The lowest BCUT2D eigenvalue weighted by Crippen LogP contribution is -1.98. The van der Waals surface area contributed by atoms with Gasteiger partial charge in [0.1, 0.15) is 5.82 Å². The van der Waals surface area contributed by atoms with Crippen LogP contribution in [0.1, 0.15) is 44.1 Å². The number of aryl methyl sites for hydroxylation is 1. The quantitative estimate of drug-likeness (QED) is 0.756. The molecule has 0 saturated carbocycles. The lowest BCUT2D eigenvalue weighted by Gasteiger charge is -2.02. The number of H-pyrrole nitrogens is 1. The van der Waals surface area contributed by atoms with E-state index < -0.39 is 5.97 Å². The van der Waals surface area contributed by atoms with Gasteiger partial charge in [-0.25, -0.2) is 4.98 Å². The Morgan fingerprint density at radius 3 is 3.00 bits per heavy atom. The minimum atomic E-state index is -0.773. The highest BCUT2D eigenvalue weighted by molar-refractivity contribution is 5.66. The van der Waals surface area contributed by atoms with E-state index in [4.69, 9.17) is 5.11 Å². The minimum absolute atomic E-state index is 0.155. The largest absolute Gasteiger partial charge is 0.481 e. The van der Waals surface area contributed by atoms with Crippen molar-refractivity contribution in [2.45, 2.75) is 39.0 Å². The van der Waals surface area contributed by atoms with E-state index in [0.29, 0.717) is 12.3 Å². The number of rotatable bonds is 5. The first kappa shape index (κ1) is 10.8. The molecule has 0 amide bonds. The molecule has 0 aliphatic carbocycles. The maximum atomic E-state index is 10.3. The zero-order chi connectivity index (χ0) is 10.6. The van der Waals surface area contributed by atoms with E-state index >= 15 is 0 Å². The van der Waals surface area contributed by atoms with Gasteiger partial charge in [0.05, 0.1) is 6.42 Å². The molecule has 0 aromatic carbocycles. The number of carboxylic acids is 1. The highest BCUT2D eigenvalue weighted by Gasteiger charge is 2.08. The second kappa shape index (κ2) is 4.79. The second-order valence-corrected chi connectivity index (χ2v) is 3.50. The average Bonchev–Trinajstić information content (AvgIpc) is 2.62. The van der Waals surface area contributed by atoms with Crippen molar-refractivity contribution >= 4 is 5.97 Å². The van der Waals surface area contributed by atoms with Crippen LogP contribution in [0.2, 0.25) is 0 Å². The van der Waals surface area contributed by atoms with E-state index in [-0.39, 0.29) is 6.42 Å². The molecule has 0 spiro atoms. The summed E-state index contributed by atoms with van der Waals surface area (Å²) in [6.07, 6.45) is 3.44. The first-order valence-electron chi connectivity index (χ1n) is 4.89. The number of hydrogen-bond donors (Lipinski definition) is 2. The average molecular weight is 196 g/mol. The minimum Gasteiger partial charge on any atom is -0.481 e. The second-order valence-electron chi connectivity index (χ2n) is 3.50. The topological polar surface area (TPSA) is 66.0 Å². The van der Waals surface area contributed by atoms with E-state index in [9.17, 15) is 4.79 Å². The van der Waals surface area contributed by atoms with Gasteiger partial charge in [-0.1, -0.05) is 13.8 Å².